The number of nitrogens with one attached hydrogen (secondary N) is 3. The Morgan fingerprint density at radius 2 is 2.08 bits per heavy atom. The summed E-state index contributed by atoms with van der Waals surface area (Å²) in [4.78, 5) is 7.21. The van der Waals surface area contributed by atoms with E-state index in [1.165, 1.54) is 43.6 Å². The van der Waals surface area contributed by atoms with Gasteiger partial charge in [0, 0.05) is 31.9 Å². The average Bonchev–Trinajstić information content (AvgIpc) is 2.97. The van der Waals surface area contributed by atoms with Gasteiger partial charge in [-0.25, -0.2) is 0 Å². The van der Waals surface area contributed by atoms with Crippen molar-refractivity contribution in [1.29, 1.82) is 0 Å². The van der Waals surface area contributed by atoms with Crippen LogP contribution in [0.25, 0.3) is 0 Å². The molecule has 6 nitrogen and oxygen atoms in total. The van der Waals surface area contributed by atoms with E-state index in [2.05, 4.69) is 44.6 Å². The summed E-state index contributed by atoms with van der Waals surface area (Å²) in [5.41, 5.74) is 2.46. The van der Waals surface area contributed by atoms with Gasteiger partial charge < -0.3 is 15.5 Å². The van der Waals surface area contributed by atoms with Crippen LogP contribution in [0, 0.1) is 6.92 Å². The van der Waals surface area contributed by atoms with Gasteiger partial charge >= 0.3 is 0 Å². The topological polar surface area (TPSA) is 68.3 Å². The molecule has 1 aliphatic rings. The van der Waals surface area contributed by atoms with E-state index in [4.69, 9.17) is 0 Å². The van der Waals surface area contributed by atoms with Gasteiger partial charge in [-0.05, 0) is 58.2 Å². The molecule has 1 aromatic heterocycles. The van der Waals surface area contributed by atoms with Crippen molar-refractivity contribution >= 4 is 29.9 Å². The summed E-state index contributed by atoms with van der Waals surface area (Å²) in [5, 5.41) is 13.8. The van der Waals surface area contributed by atoms with Crippen LogP contribution in [-0.4, -0.2) is 60.3 Å². The second-order valence-corrected chi connectivity index (χ2v) is 6.21. The van der Waals surface area contributed by atoms with Gasteiger partial charge in [0.25, 0.3) is 0 Å². The van der Waals surface area contributed by atoms with Crippen LogP contribution in [-0.2, 0) is 6.42 Å². The van der Waals surface area contributed by atoms with E-state index in [0.29, 0.717) is 0 Å². The summed E-state index contributed by atoms with van der Waals surface area (Å²) in [6.45, 7) is 10.5. The molecule has 0 atom stereocenters. The van der Waals surface area contributed by atoms with Crippen LogP contribution >= 0.6 is 24.0 Å². The lowest BCUT2D eigenvalue weighted by molar-refractivity contribution is 0.232. The van der Waals surface area contributed by atoms with Gasteiger partial charge in [0.05, 0.1) is 6.20 Å². The molecule has 1 fully saturated rings. The molecule has 0 unspecified atom stereocenters. The van der Waals surface area contributed by atoms with E-state index in [9.17, 15) is 0 Å². The summed E-state index contributed by atoms with van der Waals surface area (Å²) < 4.78 is 0. The Kier molecular flexibility index (Phi) is 11.1. The average molecular weight is 448 g/mol. The standard InChI is InChI=1S/C17H32N6.HI/c1-3-18-17(20-10-13-23-11-5-4-6-12-23)19-9-7-8-16-14-21-22-15(16)2;/h14H,3-13H2,1-2H3,(H,21,22)(H2,18,19,20);1H. The molecule has 1 saturated heterocycles. The molecular weight excluding hydrogens is 415 g/mol. The first kappa shape index (κ1) is 21.2. The highest BCUT2D eigenvalue weighted by atomic mass is 127. The van der Waals surface area contributed by atoms with E-state index in [0.717, 1.165) is 45.0 Å². The van der Waals surface area contributed by atoms with Crippen molar-refractivity contribution in [3.63, 3.8) is 0 Å². The fourth-order valence-corrected chi connectivity index (χ4v) is 2.95. The second-order valence-electron chi connectivity index (χ2n) is 6.21. The number of hydrogen-bond donors (Lipinski definition) is 3. The molecule has 1 aromatic rings. The van der Waals surface area contributed by atoms with Gasteiger partial charge in [-0.2, -0.15) is 5.10 Å². The number of piperidine rings is 1. The summed E-state index contributed by atoms with van der Waals surface area (Å²) in [6, 6.07) is 0. The molecule has 2 heterocycles. The van der Waals surface area contributed by atoms with Crippen molar-refractivity contribution in [1.82, 2.24) is 25.7 Å². The summed E-state index contributed by atoms with van der Waals surface area (Å²) in [7, 11) is 0. The Labute approximate surface area is 163 Å². The molecule has 2 rings (SSSR count). The van der Waals surface area contributed by atoms with E-state index in [-0.39, 0.29) is 24.0 Å². The lowest BCUT2D eigenvalue weighted by atomic mass is 10.1. The van der Waals surface area contributed by atoms with Gasteiger partial charge in [0.15, 0.2) is 5.96 Å². The third-order valence-corrected chi connectivity index (χ3v) is 4.32. The zero-order chi connectivity index (χ0) is 16.3. The minimum absolute atomic E-state index is 0. The van der Waals surface area contributed by atoms with Gasteiger partial charge in [-0.15, -0.1) is 24.0 Å². The smallest absolute Gasteiger partial charge is 0.191 e. The number of H-pyrrole nitrogens is 1. The number of aryl methyl sites for hydroxylation is 2. The number of rotatable bonds is 8. The molecule has 0 radical (unpaired) electrons. The normalized spacial score (nSPS) is 15.8. The van der Waals surface area contributed by atoms with Crippen molar-refractivity contribution in [3.8, 4) is 0 Å². The number of aromatic nitrogens is 2. The highest BCUT2D eigenvalue weighted by Gasteiger charge is 2.09. The van der Waals surface area contributed by atoms with Crippen LogP contribution in [0.4, 0.5) is 0 Å². The molecule has 0 spiro atoms. The number of aromatic amines is 1. The van der Waals surface area contributed by atoms with E-state index in [1.54, 1.807) is 0 Å². The number of nitrogens with zero attached hydrogens (tertiary/aromatic N) is 3. The Morgan fingerprint density at radius 1 is 1.29 bits per heavy atom. The van der Waals surface area contributed by atoms with Crippen LogP contribution in [0.2, 0.25) is 0 Å². The van der Waals surface area contributed by atoms with Crippen molar-refractivity contribution in [3.05, 3.63) is 17.5 Å². The Morgan fingerprint density at radius 3 is 2.75 bits per heavy atom. The maximum atomic E-state index is 4.67. The van der Waals surface area contributed by atoms with E-state index < -0.39 is 0 Å². The van der Waals surface area contributed by atoms with Crippen molar-refractivity contribution in [2.45, 2.75) is 46.0 Å². The molecule has 0 saturated carbocycles. The highest BCUT2D eigenvalue weighted by molar-refractivity contribution is 14.0. The Balaban J connectivity index is 0.00000288. The second kappa shape index (κ2) is 12.5. The summed E-state index contributed by atoms with van der Waals surface area (Å²) >= 11 is 0. The lowest BCUT2D eigenvalue weighted by Crippen LogP contribution is -2.42. The van der Waals surface area contributed by atoms with Gasteiger partial charge in [-0.1, -0.05) is 6.42 Å². The third-order valence-electron chi connectivity index (χ3n) is 4.32. The maximum absolute atomic E-state index is 4.67. The minimum atomic E-state index is 0. The molecule has 7 heteroatoms. The quantitative estimate of drug-likeness (QED) is 0.247. The third kappa shape index (κ3) is 7.83. The van der Waals surface area contributed by atoms with Crippen LogP contribution in [0.5, 0.6) is 0 Å². The van der Waals surface area contributed by atoms with Crippen LogP contribution in [0.1, 0.15) is 43.9 Å². The number of guanidine groups is 1. The molecule has 0 bridgehead atoms. The molecular formula is C17H33IN6. The van der Waals surface area contributed by atoms with E-state index in [1.807, 2.05) is 6.20 Å². The maximum Gasteiger partial charge on any atom is 0.191 e. The number of aliphatic imine (C=N–C) groups is 1. The molecule has 1 aliphatic heterocycles. The van der Waals surface area contributed by atoms with E-state index >= 15 is 0 Å². The fourth-order valence-electron chi connectivity index (χ4n) is 2.95. The van der Waals surface area contributed by atoms with Gasteiger partial charge in [-0.3, -0.25) is 10.1 Å². The summed E-state index contributed by atoms with van der Waals surface area (Å²) in [5.74, 6) is 0.938. The first-order valence-electron chi connectivity index (χ1n) is 9.03. The van der Waals surface area contributed by atoms with Crippen molar-refractivity contribution in [2.75, 3.05) is 39.3 Å². The molecule has 0 aromatic carbocycles. The summed E-state index contributed by atoms with van der Waals surface area (Å²) in [6.07, 6.45) is 8.08. The Bertz CT molecular complexity index is 467. The van der Waals surface area contributed by atoms with Gasteiger partial charge in [0.2, 0.25) is 0 Å². The SMILES string of the molecule is CCNC(=NCCCc1cn[nH]c1C)NCCN1CCCCC1.I. The predicted octanol–water partition coefficient (Wildman–Crippen LogP) is 2.31. The van der Waals surface area contributed by atoms with Crippen LogP contribution < -0.4 is 10.6 Å². The molecule has 3 N–H and O–H groups in total. The van der Waals surface area contributed by atoms with Crippen LogP contribution in [0.15, 0.2) is 11.2 Å². The fraction of sp³-hybridized carbons (Fsp3) is 0.765. The number of hydrogen-bond acceptors (Lipinski definition) is 3. The lowest BCUT2D eigenvalue weighted by Gasteiger charge is -2.26. The van der Waals surface area contributed by atoms with Gasteiger partial charge in [0.1, 0.15) is 0 Å². The molecule has 0 amide bonds. The van der Waals surface area contributed by atoms with Crippen molar-refractivity contribution < 1.29 is 0 Å². The zero-order valence-electron chi connectivity index (χ0n) is 15.1. The first-order chi connectivity index (χ1) is 11.3. The number of halogens is 1. The molecule has 24 heavy (non-hydrogen) atoms. The molecule has 138 valence electrons. The highest BCUT2D eigenvalue weighted by Crippen LogP contribution is 2.07. The predicted molar refractivity (Wildman–Crippen MR) is 111 cm³/mol. The first-order valence-corrected chi connectivity index (χ1v) is 9.03. The van der Waals surface area contributed by atoms with Crippen molar-refractivity contribution in [2.24, 2.45) is 4.99 Å². The largest absolute Gasteiger partial charge is 0.357 e. The number of likely N-dealkylation sites (tertiary alicyclic amines) is 1. The minimum Gasteiger partial charge on any atom is -0.357 e. The Hall–Kier alpha value is -0.830. The zero-order valence-corrected chi connectivity index (χ0v) is 17.4. The monoisotopic (exact) mass is 448 g/mol. The van der Waals surface area contributed by atoms with Crippen LogP contribution in [0.3, 0.4) is 0 Å². The molecule has 0 aliphatic carbocycles.